The molecule has 3 rings (SSSR count). The Bertz CT molecular complexity index is 925. The van der Waals surface area contributed by atoms with Crippen molar-refractivity contribution in [2.24, 2.45) is 0 Å². The molecule has 0 radical (unpaired) electrons. The maximum atomic E-state index is 13.2. The van der Waals surface area contributed by atoms with Crippen LogP contribution >= 0.6 is 0 Å². The Balaban J connectivity index is 1.65. The fourth-order valence-corrected chi connectivity index (χ4v) is 2.36. The molecule has 0 fully saturated rings. The summed E-state index contributed by atoms with van der Waals surface area (Å²) in [4.78, 5) is 24.3. The fraction of sp³-hybridized carbons (Fsp3) is 0.0476. The number of amides is 1. The Morgan fingerprint density at radius 2 is 1.58 bits per heavy atom. The predicted octanol–water partition coefficient (Wildman–Crippen LogP) is 3.97. The monoisotopic (exact) mass is 349 g/mol. The number of nitrogens with one attached hydrogen (secondary N) is 1. The highest BCUT2D eigenvalue weighted by atomic mass is 19.1. The quantitative estimate of drug-likeness (QED) is 0.560. The summed E-state index contributed by atoms with van der Waals surface area (Å²) in [6, 6.07) is 21.0. The average molecular weight is 349 g/mol. The van der Waals surface area contributed by atoms with Crippen molar-refractivity contribution in [1.82, 2.24) is 5.32 Å². The summed E-state index contributed by atoms with van der Waals surface area (Å²) < 4.78 is 18.4. The molecule has 0 aromatic heterocycles. The minimum atomic E-state index is -0.689. The van der Waals surface area contributed by atoms with E-state index in [0.717, 1.165) is 11.6 Å². The minimum absolute atomic E-state index is 0.101. The summed E-state index contributed by atoms with van der Waals surface area (Å²) >= 11 is 0. The van der Waals surface area contributed by atoms with Gasteiger partial charge in [-0.1, -0.05) is 42.5 Å². The fourth-order valence-electron chi connectivity index (χ4n) is 2.36. The van der Waals surface area contributed by atoms with Gasteiger partial charge in [-0.3, -0.25) is 4.79 Å². The number of halogens is 1. The molecule has 0 saturated carbocycles. The molecule has 0 saturated heterocycles. The zero-order valence-corrected chi connectivity index (χ0v) is 13.8. The van der Waals surface area contributed by atoms with Crippen molar-refractivity contribution >= 4 is 11.9 Å². The molecule has 3 aromatic rings. The van der Waals surface area contributed by atoms with Crippen LogP contribution < -0.4 is 10.1 Å². The number of hydrogen-bond acceptors (Lipinski definition) is 3. The van der Waals surface area contributed by atoms with E-state index in [-0.39, 0.29) is 17.2 Å². The Morgan fingerprint density at radius 1 is 0.846 bits per heavy atom. The van der Waals surface area contributed by atoms with Crippen LogP contribution in [0, 0.1) is 5.82 Å². The van der Waals surface area contributed by atoms with Crippen molar-refractivity contribution in [3.05, 3.63) is 101 Å². The molecule has 0 unspecified atom stereocenters. The van der Waals surface area contributed by atoms with Gasteiger partial charge in [0.15, 0.2) is 0 Å². The number of hydrogen-bond donors (Lipinski definition) is 1. The molecule has 0 aliphatic heterocycles. The Kier molecular flexibility index (Phi) is 5.39. The number of benzene rings is 3. The molecule has 3 aromatic carbocycles. The summed E-state index contributed by atoms with van der Waals surface area (Å²) in [6.07, 6.45) is 0. The SMILES string of the molecule is O=C(NCc1ccccc1)c1cccc(OC(=O)c2cccc(F)c2)c1. The summed E-state index contributed by atoms with van der Waals surface area (Å²) in [7, 11) is 0. The van der Waals surface area contributed by atoms with Crippen LogP contribution in [0.1, 0.15) is 26.3 Å². The van der Waals surface area contributed by atoms with Crippen LogP contribution in [-0.4, -0.2) is 11.9 Å². The molecule has 1 N–H and O–H groups in total. The van der Waals surface area contributed by atoms with Gasteiger partial charge in [0.2, 0.25) is 0 Å². The van der Waals surface area contributed by atoms with Crippen molar-refractivity contribution in [3.63, 3.8) is 0 Å². The van der Waals surface area contributed by atoms with E-state index < -0.39 is 11.8 Å². The third-order valence-electron chi connectivity index (χ3n) is 3.66. The normalized spacial score (nSPS) is 10.2. The van der Waals surface area contributed by atoms with Crippen LogP contribution in [-0.2, 0) is 6.54 Å². The second kappa shape index (κ2) is 8.07. The van der Waals surface area contributed by atoms with Gasteiger partial charge < -0.3 is 10.1 Å². The Morgan fingerprint density at radius 3 is 2.35 bits per heavy atom. The average Bonchev–Trinajstić information content (AvgIpc) is 2.67. The largest absolute Gasteiger partial charge is 0.423 e. The van der Waals surface area contributed by atoms with Gasteiger partial charge in [0.1, 0.15) is 11.6 Å². The molecule has 0 bridgehead atoms. The molecule has 26 heavy (non-hydrogen) atoms. The van der Waals surface area contributed by atoms with E-state index in [9.17, 15) is 14.0 Å². The first kappa shape index (κ1) is 17.4. The first-order valence-corrected chi connectivity index (χ1v) is 8.02. The van der Waals surface area contributed by atoms with E-state index in [0.29, 0.717) is 12.1 Å². The molecule has 0 atom stereocenters. The number of ether oxygens (including phenoxy) is 1. The molecule has 4 nitrogen and oxygen atoms in total. The van der Waals surface area contributed by atoms with Crippen molar-refractivity contribution < 1.29 is 18.7 Å². The molecular weight excluding hydrogens is 333 g/mol. The van der Waals surface area contributed by atoms with Crippen LogP contribution in [0.3, 0.4) is 0 Å². The van der Waals surface area contributed by atoms with Gasteiger partial charge in [0.25, 0.3) is 5.91 Å². The van der Waals surface area contributed by atoms with Gasteiger partial charge in [0, 0.05) is 12.1 Å². The second-order valence-corrected chi connectivity index (χ2v) is 5.60. The van der Waals surface area contributed by atoms with Gasteiger partial charge in [-0.15, -0.1) is 0 Å². The summed E-state index contributed by atoms with van der Waals surface area (Å²) in [5, 5.41) is 2.81. The van der Waals surface area contributed by atoms with E-state index in [4.69, 9.17) is 4.74 Å². The van der Waals surface area contributed by atoms with Crippen LogP contribution in [0.2, 0.25) is 0 Å². The van der Waals surface area contributed by atoms with Gasteiger partial charge in [0.05, 0.1) is 5.56 Å². The number of carbonyl (C=O) groups is 2. The van der Waals surface area contributed by atoms with Gasteiger partial charge in [-0.05, 0) is 42.0 Å². The van der Waals surface area contributed by atoms with Gasteiger partial charge in [-0.25, -0.2) is 9.18 Å². The number of rotatable bonds is 5. The summed E-state index contributed by atoms with van der Waals surface area (Å²) in [5.41, 5.74) is 1.45. The zero-order valence-electron chi connectivity index (χ0n) is 13.8. The third kappa shape index (κ3) is 4.54. The molecule has 0 heterocycles. The molecule has 5 heteroatoms. The van der Waals surface area contributed by atoms with E-state index in [2.05, 4.69) is 5.32 Å². The molecule has 0 spiro atoms. The lowest BCUT2D eigenvalue weighted by atomic mass is 10.2. The van der Waals surface area contributed by atoms with Gasteiger partial charge in [-0.2, -0.15) is 0 Å². The third-order valence-corrected chi connectivity index (χ3v) is 3.66. The van der Waals surface area contributed by atoms with Crippen LogP contribution in [0.4, 0.5) is 4.39 Å². The lowest BCUT2D eigenvalue weighted by molar-refractivity contribution is 0.0733. The standard InChI is InChI=1S/C21H16FNO3/c22-18-10-4-9-17(12-18)21(25)26-19-11-5-8-16(13-19)20(24)23-14-15-6-2-1-3-7-15/h1-13H,14H2,(H,23,24). The molecule has 0 aliphatic rings. The zero-order chi connectivity index (χ0) is 18.4. The maximum Gasteiger partial charge on any atom is 0.343 e. The van der Waals surface area contributed by atoms with E-state index in [1.807, 2.05) is 30.3 Å². The number of carbonyl (C=O) groups excluding carboxylic acids is 2. The lowest BCUT2D eigenvalue weighted by Gasteiger charge is -2.08. The Labute approximate surface area is 150 Å². The number of esters is 1. The maximum absolute atomic E-state index is 13.2. The second-order valence-electron chi connectivity index (χ2n) is 5.60. The lowest BCUT2D eigenvalue weighted by Crippen LogP contribution is -2.22. The smallest absolute Gasteiger partial charge is 0.343 e. The highest BCUT2D eigenvalue weighted by molar-refractivity contribution is 5.95. The topological polar surface area (TPSA) is 55.4 Å². The van der Waals surface area contributed by atoms with Crippen molar-refractivity contribution in [2.75, 3.05) is 0 Å². The minimum Gasteiger partial charge on any atom is -0.423 e. The van der Waals surface area contributed by atoms with Crippen molar-refractivity contribution in [3.8, 4) is 5.75 Å². The van der Waals surface area contributed by atoms with E-state index >= 15 is 0 Å². The first-order valence-electron chi connectivity index (χ1n) is 8.02. The van der Waals surface area contributed by atoms with E-state index in [1.165, 1.54) is 24.3 Å². The van der Waals surface area contributed by atoms with Crippen LogP contribution in [0.25, 0.3) is 0 Å². The molecule has 0 aliphatic carbocycles. The van der Waals surface area contributed by atoms with Crippen molar-refractivity contribution in [1.29, 1.82) is 0 Å². The van der Waals surface area contributed by atoms with Crippen LogP contribution in [0.15, 0.2) is 78.9 Å². The Hall–Kier alpha value is -3.47. The van der Waals surface area contributed by atoms with E-state index in [1.54, 1.807) is 18.2 Å². The summed E-state index contributed by atoms with van der Waals surface area (Å²) in [5.74, 6) is -1.27. The molecule has 1 amide bonds. The van der Waals surface area contributed by atoms with Crippen molar-refractivity contribution in [2.45, 2.75) is 6.54 Å². The highest BCUT2D eigenvalue weighted by Gasteiger charge is 2.12. The molecule has 130 valence electrons. The molecular formula is C21H16FNO3. The summed E-state index contributed by atoms with van der Waals surface area (Å²) in [6.45, 7) is 0.396. The predicted molar refractivity (Wildman–Crippen MR) is 95.4 cm³/mol. The highest BCUT2D eigenvalue weighted by Crippen LogP contribution is 2.16. The first-order chi connectivity index (χ1) is 12.6. The van der Waals surface area contributed by atoms with Gasteiger partial charge >= 0.3 is 5.97 Å². The van der Waals surface area contributed by atoms with Crippen LogP contribution in [0.5, 0.6) is 5.75 Å².